The number of imidazole rings is 1. The predicted octanol–water partition coefficient (Wildman–Crippen LogP) is 3.60. The first-order chi connectivity index (χ1) is 11.5. The van der Waals surface area contributed by atoms with Gasteiger partial charge in [0.15, 0.2) is 16.0 Å². The van der Waals surface area contributed by atoms with Crippen LogP contribution in [0.2, 0.25) is 5.15 Å². The van der Waals surface area contributed by atoms with E-state index in [-0.39, 0.29) is 17.3 Å². The van der Waals surface area contributed by atoms with Gasteiger partial charge in [0.25, 0.3) is 0 Å². The van der Waals surface area contributed by atoms with E-state index in [1.807, 2.05) is 6.92 Å². The Morgan fingerprint density at radius 1 is 1.33 bits per heavy atom. The van der Waals surface area contributed by atoms with Gasteiger partial charge in [-0.1, -0.05) is 36.4 Å². The number of rotatable bonds is 5. The topological polar surface area (TPSA) is 63.6 Å². The van der Waals surface area contributed by atoms with Crippen LogP contribution in [0.1, 0.15) is 18.9 Å². The molecule has 0 aliphatic rings. The van der Waals surface area contributed by atoms with E-state index < -0.39 is 17.3 Å². The van der Waals surface area contributed by atoms with Crippen LogP contribution in [0.25, 0.3) is 11.2 Å². The zero-order valence-electron chi connectivity index (χ0n) is 12.6. The molecule has 1 aromatic carbocycles. The average Bonchev–Trinajstić information content (AvgIpc) is 2.85. The van der Waals surface area contributed by atoms with Crippen molar-refractivity contribution in [2.45, 2.75) is 25.0 Å². The van der Waals surface area contributed by atoms with Crippen LogP contribution in [-0.4, -0.2) is 25.3 Å². The van der Waals surface area contributed by atoms with E-state index in [9.17, 15) is 13.6 Å². The molecule has 0 saturated carbocycles. The number of benzene rings is 1. The average molecular weight is 371 g/mol. The zero-order chi connectivity index (χ0) is 17.3. The van der Waals surface area contributed by atoms with E-state index in [0.717, 1.165) is 24.3 Å². The first kappa shape index (κ1) is 16.9. The Morgan fingerprint density at radius 2 is 2.12 bits per heavy atom. The molecule has 1 N–H and O–H groups in total. The molecule has 0 amide bonds. The third-order valence-electron chi connectivity index (χ3n) is 3.34. The summed E-state index contributed by atoms with van der Waals surface area (Å²) in [5, 5.41) is 0.579. The molecular formula is C15H13ClF2N4OS. The lowest BCUT2D eigenvalue weighted by Gasteiger charge is -2.06. The van der Waals surface area contributed by atoms with E-state index in [1.54, 1.807) is 0 Å². The van der Waals surface area contributed by atoms with Crippen molar-refractivity contribution in [2.24, 2.45) is 0 Å². The molecular weight excluding hydrogens is 358 g/mol. The van der Waals surface area contributed by atoms with Crippen molar-refractivity contribution in [1.82, 2.24) is 19.5 Å². The second-order valence-corrected chi connectivity index (χ2v) is 6.52. The molecule has 0 fully saturated rings. The van der Waals surface area contributed by atoms with Crippen molar-refractivity contribution >= 4 is 34.5 Å². The predicted molar refractivity (Wildman–Crippen MR) is 89.6 cm³/mol. The van der Waals surface area contributed by atoms with Gasteiger partial charge in [-0.2, -0.15) is 0 Å². The molecule has 0 bridgehead atoms. The summed E-state index contributed by atoms with van der Waals surface area (Å²) in [6.07, 6.45) is 0.935. The molecule has 24 heavy (non-hydrogen) atoms. The van der Waals surface area contributed by atoms with Gasteiger partial charge in [0.2, 0.25) is 0 Å². The quantitative estimate of drug-likeness (QED) is 0.423. The number of H-pyrrole nitrogens is 1. The molecule has 5 nitrogen and oxygen atoms in total. The maximum absolute atomic E-state index is 13.9. The second kappa shape index (κ2) is 6.90. The number of hydrogen-bond acceptors (Lipinski definition) is 4. The Morgan fingerprint density at radius 3 is 2.83 bits per heavy atom. The number of aromatic nitrogens is 4. The fraction of sp³-hybridized carbons (Fsp3) is 0.267. The van der Waals surface area contributed by atoms with E-state index in [4.69, 9.17) is 11.6 Å². The summed E-state index contributed by atoms with van der Waals surface area (Å²) in [6.45, 7) is 1.94. The number of thioether (sulfide) groups is 1. The van der Waals surface area contributed by atoms with Gasteiger partial charge in [-0.05, 0) is 12.5 Å². The van der Waals surface area contributed by atoms with Crippen LogP contribution in [-0.2, 0) is 6.54 Å². The molecule has 2 heterocycles. The normalized spacial score (nSPS) is 11.3. The first-order valence-corrected chi connectivity index (χ1v) is 8.58. The highest BCUT2D eigenvalue weighted by molar-refractivity contribution is 7.99. The number of nitrogens with zero attached hydrogens (tertiary/aromatic N) is 3. The molecule has 0 spiro atoms. The molecule has 2 aromatic heterocycles. The Labute approximate surface area is 145 Å². The van der Waals surface area contributed by atoms with Gasteiger partial charge in [0, 0.05) is 17.4 Å². The smallest absolute Gasteiger partial charge is 0.302 e. The number of fused-ring (bicyclic) bond motifs is 1. The van der Waals surface area contributed by atoms with Gasteiger partial charge in [-0.3, -0.25) is 4.57 Å². The van der Waals surface area contributed by atoms with Crippen molar-refractivity contribution < 1.29 is 8.78 Å². The monoisotopic (exact) mass is 370 g/mol. The van der Waals surface area contributed by atoms with Crippen LogP contribution in [0.5, 0.6) is 0 Å². The summed E-state index contributed by atoms with van der Waals surface area (Å²) in [7, 11) is 0. The molecule has 3 rings (SSSR count). The van der Waals surface area contributed by atoms with Crippen LogP contribution in [0.15, 0.2) is 28.2 Å². The molecule has 0 radical (unpaired) electrons. The highest BCUT2D eigenvalue weighted by atomic mass is 35.5. The van der Waals surface area contributed by atoms with Crippen LogP contribution in [0.3, 0.4) is 0 Å². The summed E-state index contributed by atoms with van der Waals surface area (Å²) in [5.41, 5.74) is 0.284. The molecule has 0 aliphatic heterocycles. The van der Waals surface area contributed by atoms with Gasteiger partial charge in [0.1, 0.15) is 17.2 Å². The van der Waals surface area contributed by atoms with E-state index in [0.29, 0.717) is 16.3 Å². The fourth-order valence-electron chi connectivity index (χ4n) is 2.20. The van der Waals surface area contributed by atoms with Crippen molar-refractivity contribution in [3.63, 3.8) is 0 Å². The molecule has 9 heteroatoms. The van der Waals surface area contributed by atoms with Crippen molar-refractivity contribution in [2.75, 3.05) is 5.75 Å². The number of halogens is 3. The van der Waals surface area contributed by atoms with Crippen LogP contribution >= 0.6 is 23.4 Å². The zero-order valence-corrected chi connectivity index (χ0v) is 14.2. The largest absolute Gasteiger partial charge is 0.328 e. The number of nitrogens with one attached hydrogen (secondary N) is 1. The standard InChI is InChI=1S/C15H13ClF2N4OS/c1-2-5-24-14-20-12(16)11-13(21-14)22(15(23)19-11)7-8-3-4-9(17)6-10(8)18/h3-4,6H,2,5,7H2,1H3,(H,19,23). The summed E-state index contributed by atoms with van der Waals surface area (Å²) in [4.78, 5) is 23.2. The summed E-state index contributed by atoms with van der Waals surface area (Å²) in [5.74, 6) is -0.591. The SMILES string of the molecule is CCCSc1nc(Cl)c2[nH]c(=O)n(Cc3ccc(F)cc3F)c2n1. The highest BCUT2D eigenvalue weighted by Gasteiger charge is 2.16. The Balaban J connectivity index is 2.08. The fourth-order valence-corrected chi connectivity index (χ4v) is 3.16. The third-order valence-corrected chi connectivity index (χ3v) is 4.66. The molecule has 126 valence electrons. The van der Waals surface area contributed by atoms with E-state index >= 15 is 0 Å². The Bertz CT molecular complexity index is 957. The lowest BCUT2D eigenvalue weighted by atomic mass is 10.2. The number of hydrogen-bond donors (Lipinski definition) is 1. The summed E-state index contributed by atoms with van der Waals surface area (Å²) in [6, 6.07) is 3.22. The first-order valence-electron chi connectivity index (χ1n) is 7.22. The molecule has 3 aromatic rings. The molecule has 0 saturated heterocycles. The van der Waals surface area contributed by atoms with Crippen LogP contribution in [0, 0.1) is 11.6 Å². The van der Waals surface area contributed by atoms with E-state index in [2.05, 4.69) is 15.0 Å². The maximum Gasteiger partial charge on any atom is 0.328 e. The van der Waals surface area contributed by atoms with Crippen molar-refractivity contribution in [1.29, 1.82) is 0 Å². The summed E-state index contributed by atoms with van der Waals surface area (Å²) >= 11 is 7.53. The van der Waals surface area contributed by atoms with E-state index in [1.165, 1.54) is 22.4 Å². The van der Waals surface area contributed by atoms with Crippen molar-refractivity contribution in [3.05, 3.63) is 51.0 Å². The molecule has 0 atom stereocenters. The lowest BCUT2D eigenvalue weighted by molar-refractivity contribution is 0.565. The highest BCUT2D eigenvalue weighted by Crippen LogP contribution is 2.23. The van der Waals surface area contributed by atoms with Gasteiger partial charge in [-0.25, -0.2) is 23.5 Å². The minimum atomic E-state index is -0.725. The van der Waals surface area contributed by atoms with Crippen LogP contribution in [0.4, 0.5) is 8.78 Å². The van der Waals surface area contributed by atoms with Crippen LogP contribution < -0.4 is 5.69 Å². The second-order valence-electron chi connectivity index (χ2n) is 5.10. The van der Waals surface area contributed by atoms with Gasteiger partial charge < -0.3 is 4.98 Å². The Hall–Kier alpha value is -1.93. The number of aromatic amines is 1. The minimum Gasteiger partial charge on any atom is -0.302 e. The lowest BCUT2D eigenvalue weighted by Crippen LogP contribution is -2.18. The maximum atomic E-state index is 13.9. The molecule has 0 unspecified atom stereocenters. The van der Waals surface area contributed by atoms with Crippen molar-refractivity contribution in [3.8, 4) is 0 Å². The summed E-state index contributed by atoms with van der Waals surface area (Å²) < 4.78 is 28.2. The Kier molecular flexibility index (Phi) is 4.86. The van der Waals surface area contributed by atoms with Gasteiger partial charge in [0.05, 0.1) is 6.54 Å². The molecule has 0 aliphatic carbocycles. The minimum absolute atomic E-state index is 0.0871. The van der Waals surface area contributed by atoms with Gasteiger partial charge in [-0.15, -0.1) is 0 Å². The third kappa shape index (κ3) is 3.29. The van der Waals surface area contributed by atoms with Gasteiger partial charge >= 0.3 is 5.69 Å².